The Bertz CT molecular complexity index is 840. The van der Waals surface area contributed by atoms with Gasteiger partial charge in [-0.2, -0.15) is 0 Å². The number of halogens is 2. The van der Waals surface area contributed by atoms with Crippen molar-refractivity contribution in [3.05, 3.63) is 50.1 Å². The van der Waals surface area contributed by atoms with E-state index in [0.717, 1.165) is 15.9 Å². The lowest BCUT2D eigenvalue weighted by atomic mass is 9.74. The van der Waals surface area contributed by atoms with Crippen LogP contribution < -0.4 is 10.8 Å². The average Bonchev–Trinajstić information content (AvgIpc) is 2.95. The fourth-order valence-corrected chi connectivity index (χ4v) is 4.60. The lowest BCUT2D eigenvalue weighted by Gasteiger charge is -2.45. The highest BCUT2D eigenvalue weighted by Gasteiger charge is 2.49. The van der Waals surface area contributed by atoms with Gasteiger partial charge >= 0.3 is 0 Å². The number of carbonyl (C=O) groups excluding carboxylic acids is 1. The van der Waals surface area contributed by atoms with Crippen molar-refractivity contribution in [1.29, 1.82) is 5.41 Å². The highest BCUT2D eigenvalue weighted by Crippen LogP contribution is 2.42. The van der Waals surface area contributed by atoms with Crippen molar-refractivity contribution in [3.63, 3.8) is 0 Å². The monoisotopic (exact) mass is 379 g/mol. The predicted octanol–water partition coefficient (Wildman–Crippen LogP) is 2.31. The van der Waals surface area contributed by atoms with Crippen LogP contribution in [0.25, 0.3) is 0 Å². The minimum absolute atomic E-state index is 0.0895. The van der Waals surface area contributed by atoms with Gasteiger partial charge in [0.1, 0.15) is 7.85 Å². The van der Waals surface area contributed by atoms with Crippen molar-refractivity contribution < 1.29 is 4.79 Å². The summed E-state index contributed by atoms with van der Waals surface area (Å²) in [5, 5.41) is 14.2. The second-order valence-corrected chi connectivity index (χ2v) is 7.84. The Kier molecular flexibility index (Phi) is 4.40. The van der Waals surface area contributed by atoms with Gasteiger partial charge in [-0.1, -0.05) is 40.8 Å². The van der Waals surface area contributed by atoms with Crippen LogP contribution in [0.4, 0.5) is 0 Å². The first-order valence-corrected chi connectivity index (χ1v) is 9.03. The number of hydrogen-bond acceptors (Lipinski definition) is 3. The van der Waals surface area contributed by atoms with Crippen LogP contribution in [0.3, 0.4) is 0 Å². The van der Waals surface area contributed by atoms with E-state index in [1.807, 2.05) is 32.3 Å². The van der Waals surface area contributed by atoms with Crippen LogP contribution in [0.5, 0.6) is 0 Å². The molecule has 1 aromatic heterocycles. The molecule has 1 aliphatic rings. The number of benzene rings is 1. The molecular formula is C16H16BCl2N3OS. The highest BCUT2D eigenvalue weighted by atomic mass is 35.5. The molecule has 2 aromatic rings. The van der Waals surface area contributed by atoms with Crippen LogP contribution in [0.15, 0.2) is 29.6 Å². The van der Waals surface area contributed by atoms with Crippen LogP contribution in [-0.4, -0.2) is 31.7 Å². The zero-order valence-corrected chi connectivity index (χ0v) is 15.8. The van der Waals surface area contributed by atoms with Crippen LogP contribution in [0.2, 0.25) is 10.0 Å². The Hall–Kier alpha value is -1.50. The van der Waals surface area contributed by atoms with Crippen LogP contribution in [-0.2, 0) is 10.3 Å². The lowest BCUT2D eigenvalue weighted by Crippen LogP contribution is -2.63. The van der Waals surface area contributed by atoms with Gasteiger partial charge in [0.05, 0.1) is 21.5 Å². The van der Waals surface area contributed by atoms with Crippen LogP contribution in [0.1, 0.15) is 23.3 Å². The number of likely N-dealkylation sites (N-methyl/N-ethyl adjacent to an activating group) is 1. The summed E-state index contributed by atoms with van der Waals surface area (Å²) in [6.07, 6.45) is 0. The first kappa shape index (κ1) is 17.3. The van der Waals surface area contributed by atoms with Gasteiger partial charge in [0.15, 0.2) is 5.96 Å². The molecule has 0 aliphatic carbocycles. The number of amides is 1. The van der Waals surface area contributed by atoms with Crippen molar-refractivity contribution in [2.75, 3.05) is 7.05 Å². The van der Waals surface area contributed by atoms with Gasteiger partial charge in [-0.25, -0.2) is 0 Å². The summed E-state index contributed by atoms with van der Waals surface area (Å²) < 4.78 is 0. The number of nitrogens with zero attached hydrogens (tertiary/aromatic N) is 1. The molecule has 2 atom stereocenters. The first-order chi connectivity index (χ1) is 11.3. The van der Waals surface area contributed by atoms with Crippen LogP contribution in [0, 0.1) is 5.41 Å². The van der Waals surface area contributed by atoms with Gasteiger partial charge in [-0.15, -0.1) is 11.3 Å². The summed E-state index contributed by atoms with van der Waals surface area (Å²) in [6.45, 7) is 1.96. The Balaban J connectivity index is 2.20. The van der Waals surface area contributed by atoms with E-state index < -0.39 is 11.5 Å². The van der Waals surface area contributed by atoms with E-state index >= 15 is 0 Å². The van der Waals surface area contributed by atoms with Gasteiger partial charge in [-0.05, 0) is 30.0 Å². The van der Waals surface area contributed by atoms with Crippen molar-refractivity contribution in [2.24, 2.45) is 0 Å². The maximum atomic E-state index is 13.0. The molecule has 1 fully saturated rings. The fourth-order valence-electron chi connectivity index (χ4n) is 3.21. The molecule has 4 nitrogen and oxygen atoms in total. The molecular weight excluding hydrogens is 364 g/mol. The third-order valence-electron chi connectivity index (χ3n) is 4.48. The molecule has 1 aliphatic heterocycles. The minimum Gasteiger partial charge on any atom is -0.345 e. The van der Waals surface area contributed by atoms with Crippen molar-refractivity contribution in [3.8, 4) is 0 Å². The van der Waals surface area contributed by atoms with Gasteiger partial charge in [0.25, 0.3) is 0 Å². The Morgan fingerprint density at radius 1 is 1.33 bits per heavy atom. The van der Waals surface area contributed by atoms with E-state index in [1.165, 1.54) is 4.90 Å². The van der Waals surface area contributed by atoms with E-state index in [4.69, 9.17) is 28.6 Å². The third kappa shape index (κ3) is 2.63. The molecule has 2 heterocycles. The lowest BCUT2D eigenvalue weighted by molar-refractivity contribution is -0.131. The molecule has 2 N–H and O–H groups in total. The van der Waals surface area contributed by atoms with Crippen molar-refractivity contribution >= 4 is 59.7 Å². The molecule has 124 valence electrons. The summed E-state index contributed by atoms with van der Waals surface area (Å²) in [6, 6.07) is 7.28. The second kappa shape index (κ2) is 6.10. The summed E-state index contributed by atoms with van der Waals surface area (Å²) in [7, 11) is 3.61. The van der Waals surface area contributed by atoms with E-state index in [0.29, 0.717) is 10.0 Å². The minimum atomic E-state index is -0.726. The number of nitrogens with one attached hydrogen (secondary N) is 2. The Labute approximate surface area is 155 Å². The van der Waals surface area contributed by atoms with E-state index in [1.54, 1.807) is 30.5 Å². The first-order valence-electron chi connectivity index (χ1n) is 7.39. The smallest absolute Gasteiger partial charge is 0.239 e. The molecule has 8 heteroatoms. The number of guanidine groups is 1. The van der Waals surface area contributed by atoms with E-state index in [9.17, 15) is 4.79 Å². The normalized spacial score (nSPS) is 24.2. The molecule has 0 saturated carbocycles. The molecule has 0 radical (unpaired) electrons. The predicted molar refractivity (Wildman–Crippen MR) is 103 cm³/mol. The van der Waals surface area contributed by atoms with Crippen LogP contribution >= 0.6 is 34.5 Å². The molecule has 3 rings (SSSR count). The quantitative estimate of drug-likeness (QED) is 0.786. The maximum absolute atomic E-state index is 13.0. The Morgan fingerprint density at radius 3 is 2.62 bits per heavy atom. The van der Waals surface area contributed by atoms with Gasteiger partial charge < -0.3 is 5.32 Å². The molecule has 0 bridgehead atoms. The zero-order valence-electron chi connectivity index (χ0n) is 13.5. The molecule has 1 amide bonds. The Morgan fingerprint density at radius 2 is 2.04 bits per heavy atom. The average molecular weight is 380 g/mol. The molecule has 0 spiro atoms. The molecule has 1 saturated heterocycles. The largest absolute Gasteiger partial charge is 0.345 e. The zero-order chi connectivity index (χ0) is 17.6. The van der Waals surface area contributed by atoms with Gasteiger partial charge in [0.2, 0.25) is 5.91 Å². The van der Waals surface area contributed by atoms with Crippen molar-refractivity contribution in [2.45, 2.75) is 18.4 Å². The summed E-state index contributed by atoms with van der Waals surface area (Å²) in [5.74, 6) is -0.567. The maximum Gasteiger partial charge on any atom is 0.239 e. The van der Waals surface area contributed by atoms with Gasteiger partial charge in [-0.3, -0.25) is 15.1 Å². The highest BCUT2D eigenvalue weighted by molar-refractivity contribution is 7.11. The molecule has 24 heavy (non-hydrogen) atoms. The topological polar surface area (TPSA) is 56.2 Å². The van der Waals surface area contributed by atoms with E-state index in [2.05, 4.69) is 5.32 Å². The molecule has 1 unspecified atom stereocenters. The number of thiophene rings is 1. The summed E-state index contributed by atoms with van der Waals surface area (Å²) in [5.41, 5.74) is 1.14. The number of rotatable bonds is 2. The SMILES string of the molecule is Bc1ccsc1[C@@]1(C)NC(=N)N(C)C(=O)C1c1ccc(Cl)c(Cl)c1. The number of hydrogen-bond donors (Lipinski definition) is 2. The summed E-state index contributed by atoms with van der Waals surface area (Å²) >= 11 is 13.8. The number of carbonyl (C=O) groups is 1. The summed E-state index contributed by atoms with van der Waals surface area (Å²) in [4.78, 5) is 15.4. The fraction of sp³-hybridized carbons (Fsp3) is 0.250. The van der Waals surface area contributed by atoms with Crippen molar-refractivity contribution in [1.82, 2.24) is 10.2 Å². The molecule has 1 aromatic carbocycles. The third-order valence-corrected chi connectivity index (χ3v) is 6.47. The van der Waals surface area contributed by atoms with E-state index in [-0.39, 0.29) is 11.9 Å². The van der Waals surface area contributed by atoms with Gasteiger partial charge in [0, 0.05) is 11.9 Å². The standard InChI is InChI=1S/C16H16BCl2N3OS/c1-16(13-9(17)5-6-24-13)12(14(23)22(2)15(20)21-16)8-3-4-10(18)11(19)7-8/h3-7,12H,17H2,1-2H3,(H2,20,21)/t12?,16-/m0/s1. The second-order valence-electron chi connectivity index (χ2n) is 6.11.